The van der Waals surface area contributed by atoms with E-state index in [1.54, 1.807) is 24.3 Å². The molecule has 0 aliphatic rings. The molecule has 0 spiro atoms. The van der Waals surface area contributed by atoms with Crippen molar-refractivity contribution in [2.75, 3.05) is 12.0 Å². The molecule has 3 N–H and O–H groups in total. The minimum atomic E-state index is -3.88. The molecule has 0 aliphatic heterocycles. The number of amides is 1. The molecule has 0 aliphatic carbocycles. The Balaban J connectivity index is 0.00000338. The van der Waals surface area contributed by atoms with Crippen LogP contribution in [0.15, 0.2) is 54.6 Å². The van der Waals surface area contributed by atoms with Crippen molar-refractivity contribution in [3.05, 3.63) is 65.7 Å². The van der Waals surface area contributed by atoms with Gasteiger partial charge in [-0.15, -0.1) is 0 Å². The number of hydrogen-bond acceptors (Lipinski definition) is 4. The van der Waals surface area contributed by atoms with Crippen molar-refractivity contribution >= 4 is 62.9 Å². The van der Waals surface area contributed by atoms with Crippen LogP contribution in [-0.2, 0) is 20.3 Å². The zero-order valence-corrected chi connectivity index (χ0v) is 14.3. The number of anilines is 1. The summed E-state index contributed by atoms with van der Waals surface area (Å²) >= 11 is 0. The van der Waals surface area contributed by atoms with E-state index in [1.807, 2.05) is 6.07 Å². The van der Waals surface area contributed by atoms with Gasteiger partial charge in [0.1, 0.15) is 6.10 Å². The van der Waals surface area contributed by atoms with Crippen molar-refractivity contribution in [2.45, 2.75) is 12.5 Å². The van der Waals surface area contributed by atoms with E-state index in [4.69, 9.17) is 9.63 Å². The first-order chi connectivity index (χ1) is 11.7. The van der Waals surface area contributed by atoms with Gasteiger partial charge in [0.25, 0.3) is 5.91 Å². The van der Waals surface area contributed by atoms with Gasteiger partial charge in [0.05, 0.1) is 5.56 Å². The Morgan fingerprint density at radius 2 is 1.63 bits per heavy atom. The number of hydrogen-bond donors (Lipinski definition) is 3. The van der Waals surface area contributed by atoms with Gasteiger partial charge in [-0.2, -0.15) is 0 Å². The van der Waals surface area contributed by atoms with Crippen LogP contribution in [-0.4, -0.2) is 72.4 Å². The predicted octanol–water partition coefficient (Wildman–Crippen LogP) is 1.47. The van der Waals surface area contributed by atoms with E-state index in [1.165, 1.54) is 24.3 Å². The molecule has 0 saturated heterocycles. The van der Waals surface area contributed by atoms with E-state index in [0.29, 0.717) is 5.69 Å². The van der Waals surface area contributed by atoms with E-state index in [2.05, 4.69) is 5.32 Å². The normalized spacial score (nSPS) is 13.3. The summed E-state index contributed by atoms with van der Waals surface area (Å²) in [6.45, 7) is 1.01. The van der Waals surface area contributed by atoms with Crippen molar-refractivity contribution in [3.63, 3.8) is 0 Å². The van der Waals surface area contributed by atoms with E-state index < -0.39 is 25.6 Å². The number of carboxylic acids is 1. The first-order valence-corrected chi connectivity index (χ1v) is 9.44. The van der Waals surface area contributed by atoms with E-state index in [0.717, 1.165) is 12.2 Å². The summed E-state index contributed by atoms with van der Waals surface area (Å²) in [5.41, 5.74) is 1.22. The summed E-state index contributed by atoms with van der Waals surface area (Å²) in [5, 5.41) is 11.4. The fourth-order valence-corrected chi connectivity index (χ4v) is 2.80. The molecule has 27 heavy (non-hydrogen) atoms. The SMILES string of the molecule is CP(=O)(O)O[C@@H](Cc1ccccc1)C(=O)Nc1ccc(C(=O)O)cc1.[LiH].[LiH]. The quantitative estimate of drug-likeness (QED) is 0.496. The monoisotopic (exact) mass is 379 g/mol. The second-order valence-corrected chi connectivity index (χ2v) is 7.28. The van der Waals surface area contributed by atoms with Gasteiger partial charge in [-0.1, -0.05) is 30.3 Å². The molecule has 2 atom stereocenters. The molecule has 2 aromatic rings. The van der Waals surface area contributed by atoms with Gasteiger partial charge in [-0.05, 0) is 29.8 Å². The van der Waals surface area contributed by atoms with E-state index in [-0.39, 0.29) is 49.7 Å². The summed E-state index contributed by atoms with van der Waals surface area (Å²) in [6.07, 6.45) is -1.04. The first kappa shape index (κ1) is 25.7. The number of rotatable bonds is 7. The zero-order chi connectivity index (χ0) is 18.4. The third kappa shape index (κ3) is 8.97. The summed E-state index contributed by atoms with van der Waals surface area (Å²) in [6, 6.07) is 14.5. The maximum atomic E-state index is 12.4. The van der Waals surface area contributed by atoms with Crippen molar-refractivity contribution in [1.29, 1.82) is 0 Å². The average molecular weight is 379 g/mol. The Kier molecular flexibility index (Phi) is 11.0. The van der Waals surface area contributed by atoms with Crippen LogP contribution in [0.5, 0.6) is 0 Å². The van der Waals surface area contributed by atoms with Crippen LogP contribution < -0.4 is 5.32 Å². The number of carbonyl (C=O) groups excluding carboxylic acids is 1. The second kappa shape index (κ2) is 11.5. The van der Waals surface area contributed by atoms with E-state index in [9.17, 15) is 19.0 Å². The van der Waals surface area contributed by atoms with Crippen LogP contribution in [0.3, 0.4) is 0 Å². The molecule has 0 radical (unpaired) electrons. The Morgan fingerprint density at radius 3 is 2.11 bits per heavy atom. The van der Waals surface area contributed by atoms with Gasteiger partial charge in [0, 0.05) is 18.8 Å². The van der Waals surface area contributed by atoms with Crippen LogP contribution >= 0.6 is 7.60 Å². The molecule has 0 bridgehead atoms. The summed E-state index contributed by atoms with van der Waals surface area (Å²) in [5.74, 6) is -1.67. The van der Waals surface area contributed by atoms with Gasteiger partial charge >= 0.3 is 51.3 Å². The Hall–Kier alpha value is -1.28. The fraction of sp³-hybridized carbons (Fsp3) is 0.176. The van der Waals surface area contributed by atoms with Gasteiger partial charge in [-0.3, -0.25) is 13.9 Å². The zero-order valence-electron chi connectivity index (χ0n) is 13.5. The number of aromatic carboxylic acids is 1. The topological polar surface area (TPSA) is 113 Å². The third-order valence-electron chi connectivity index (χ3n) is 3.28. The molecule has 0 heterocycles. The molecule has 0 saturated carbocycles. The third-order valence-corrected chi connectivity index (χ3v) is 3.92. The summed E-state index contributed by atoms with van der Waals surface area (Å²) in [4.78, 5) is 32.7. The molecule has 0 aromatic heterocycles. The van der Waals surface area contributed by atoms with Crippen LogP contribution in [0.4, 0.5) is 5.69 Å². The fourth-order valence-electron chi connectivity index (χ4n) is 2.16. The van der Waals surface area contributed by atoms with Gasteiger partial charge in [0.2, 0.25) is 0 Å². The molecular formula is C17H20Li2NO6P. The molecule has 1 unspecified atom stereocenters. The number of benzene rings is 2. The number of carboxylic acid groups (broad SMARTS) is 1. The van der Waals surface area contributed by atoms with Crippen LogP contribution in [0.1, 0.15) is 15.9 Å². The van der Waals surface area contributed by atoms with Gasteiger partial charge in [-0.25, -0.2) is 4.79 Å². The van der Waals surface area contributed by atoms with Crippen molar-refractivity contribution in [2.24, 2.45) is 0 Å². The van der Waals surface area contributed by atoms with Crippen molar-refractivity contribution < 1.29 is 28.7 Å². The van der Waals surface area contributed by atoms with Crippen molar-refractivity contribution in [3.8, 4) is 0 Å². The molecule has 10 heteroatoms. The average Bonchev–Trinajstić information content (AvgIpc) is 2.54. The standard InChI is InChI=1S/C17H18NO6P.2Li.2H/c1-25(22,23)24-15(11-12-5-3-2-4-6-12)16(19)18-14-9-7-13(8-10-14)17(20)21;;;;/h2-10,15H,11H2,1H3,(H,18,19)(H,20,21)(H,22,23);;;;/t15-;;;;/m0..../s1. The molecule has 2 aromatic carbocycles. The van der Waals surface area contributed by atoms with Crippen LogP contribution in [0.25, 0.3) is 0 Å². The number of nitrogens with one attached hydrogen (secondary N) is 1. The molecule has 136 valence electrons. The van der Waals surface area contributed by atoms with Crippen molar-refractivity contribution in [1.82, 2.24) is 0 Å². The van der Waals surface area contributed by atoms with Crippen LogP contribution in [0, 0.1) is 0 Å². The van der Waals surface area contributed by atoms with Gasteiger partial charge in [0.15, 0.2) is 0 Å². The Labute approximate surface area is 181 Å². The van der Waals surface area contributed by atoms with Gasteiger partial charge < -0.3 is 15.3 Å². The molecule has 7 nitrogen and oxygen atoms in total. The molecule has 0 fully saturated rings. The molecular weight excluding hydrogens is 359 g/mol. The number of carbonyl (C=O) groups is 2. The molecule has 1 amide bonds. The van der Waals surface area contributed by atoms with E-state index >= 15 is 0 Å². The second-order valence-electron chi connectivity index (χ2n) is 5.46. The minimum absolute atomic E-state index is 0. The summed E-state index contributed by atoms with van der Waals surface area (Å²) < 4.78 is 16.6. The Bertz CT molecular complexity index is 795. The molecule has 2 rings (SSSR count). The Morgan fingerprint density at radius 1 is 1.07 bits per heavy atom. The van der Waals surface area contributed by atoms with Crippen LogP contribution in [0.2, 0.25) is 0 Å². The first-order valence-electron chi connectivity index (χ1n) is 7.41. The predicted molar refractivity (Wildman–Crippen MR) is 107 cm³/mol. The maximum absolute atomic E-state index is 12.4. The summed E-state index contributed by atoms with van der Waals surface area (Å²) in [7, 11) is -3.88.